The second kappa shape index (κ2) is 8.84. The van der Waals surface area contributed by atoms with Crippen molar-refractivity contribution in [3.8, 4) is 5.75 Å². The highest BCUT2D eigenvalue weighted by Crippen LogP contribution is 2.39. The number of carbonyl (C=O) groups excluding carboxylic acids is 1. The van der Waals surface area contributed by atoms with E-state index in [4.69, 9.17) is 4.74 Å². The number of aromatic hydroxyl groups is 1. The number of esters is 1. The molecule has 0 aliphatic heterocycles. The number of phenols is 1. The van der Waals surface area contributed by atoms with E-state index in [0.717, 1.165) is 47.7 Å². The first-order chi connectivity index (χ1) is 15.0. The maximum absolute atomic E-state index is 12.5. The Morgan fingerprint density at radius 2 is 1.77 bits per heavy atom. The van der Waals surface area contributed by atoms with Crippen molar-refractivity contribution in [3.63, 3.8) is 0 Å². The molecule has 0 fully saturated rings. The molecule has 0 spiro atoms. The van der Waals surface area contributed by atoms with Gasteiger partial charge in [-0.3, -0.25) is 0 Å². The Kier molecular flexibility index (Phi) is 5.99. The van der Waals surface area contributed by atoms with E-state index in [1.807, 2.05) is 18.2 Å². The number of nitrogens with zero attached hydrogens (tertiary/aromatic N) is 1. The van der Waals surface area contributed by atoms with Gasteiger partial charge >= 0.3 is 5.97 Å². The summed E-state index contributed by atoms with van der Waals surface area (Å²) in [6.45, 7) is 4.93. The lowest BCUT2D eigenvalue weighted by Crippen LogP contribution is -2.03. The molecule has 0 amide bonds. The van der Waals surface area contributed by atoms with Gasteiger partial charge in [0.05, 0.1) is 29.1 Å². The second-order valence-corrected chi connectivity index (χ2v) is 8.23. The number of phenolic OH excluding ortho intramolecular Hbond substituents is 1. The van der Waals surface area contributed by atoms with E-state index in [1.54, 1.807) is 6.07 Å². The molecule has 1 heterocycles. The number of hydrogen-bond acceptors (Lipinski definition) is 3. The summed E-state index contributed by atoms with van der Waals surface area (Å²) in [5, 5.41) is 12.5. The zero-order valence-electron chi connectivity index (χ0n) is 18.4. The third-order valence-corrected chi connectivity index (χ3v) is 5.93. The molecule has 0 saturated heterocycles. The predicted octanol–water partition coefficient (Wildman–Crippen LogP) is 6.38. The Morgan fingerprint density at radius 1 is 0.968 bits per heavy atom. The number of aryl methyl sites for hydroxylation is 2. The van der Waals surface area contributed by atoms with Crippen LogP contribution in [0.3, 0.4) is 0 Å². The first kappa shape index (κ1) is 21.0. The van der Waals surface area contributed by atoms with Crippen LogP contribution in [0.5, 0.6) is 5.75 Å². The zero-order chi connectivity index (χ0) is 22.0. The van der Waals surface area contributed by atoms with Gasteiger partial charge in [0.2, 0.25) is 0 Å². The van der Waals surface area contributed by atoms with Gasteiger partial charge in [0.1, 0.15) is 5.75 Å². The molecule has 4 aromatic rings. The quantitative estimate of drug-likeness (QED) is 0.282. The van der Waals surface area contributed by atoms with Crippen LogP contribution in [-0.4, -0.2) is 22.8 Å². The minimum atomic E-state index is -0.397. The van der Waals surface area contributed by atoms with E-state index < -0.39 is 5.97 Å². The van der Waals surface area contributed by atoms with E-state index >= 15 is 0 Å². The first-order valence-corrected chi connectivity index (χ1v) is 10.9. The van der Waals surface area contributed by atoms with E-state index in [1.165, 1.54) is 18.2 Å². The van der Waals surface area contributed by atoms with Crippen LogP contribution in [0.1, 0.15) is 53.2 Å². The molecule has 0 unspecified atom stereocenters. The number of hydrogen-bond donors (Lipinski definition) is 1. The van der Waals surface area contributed by atoms with E-state index in [0.29, 0.717) is 17.5 Å². The molecule has 0 radical (unpaired) electrons. The molecule has 1 aromatic heterocycles. The van der Waals surface area contributed by atoms with E-state index in [-0.39, 0.29) is 5.75 Å². The summed E-state index contributed by atoms with van der Waals surface area (Å²) >= 11 is 0. The summed E-state index contributed by atoms with van der Waals surface area (Å²) in [5.74, 6) is -0.181. The molecular formula is C27H29NO3. The van der Waals surface area contributed by atoms with Gasteiger partial charge in [-0.25, -0.2) is 4.79 Å². The van der Waals surface area contributed by atoms with Crippen molar-refractivity contribution in [2.24, 2.45) is 0 Å². The zero-order valence-corrected chi connectivity index (χ0v) is 18.4. The van der Waals surface area contributed by atoms with Crippen LogP contribution in [0.25, 0.3) is 21.8 Å². The average molecular weight is 416 g/mol. The standard InChI is InChI=1S/C27H29NO3/c1-4-5-6-10-19-15-23-26(24(29)16-19)25-21(27(30)31-3)12-8-13-22(25)28(23)17-20-11-7-9-18(2)14-20/h7-9,11-16,29H,4-6,10,17H2,1-3H3. The molecule has 4 nitrogen and oxygen atoms in total. The molecule has 0 bridgehead atoms. The van der Waals surface area contributed by atoms with Crippen LogP contribution < -0.4 is 0 Å². The molecule has 160 valence electrons. The van der Waals surface area contributed by atoms with Crippen LogP contribution in [0.2, 0.25) is 0 Å². The number of aromatic nitrogens is 1. The molecule has 4 rings (SSSR count). The van der Waals surface area contributed by atoms with Gasteiger partial charge in [-0.2, -0.15) is 0 Å². The van der Waals surface area contributed by atoms with Crippen molar-refractivity contribution in [2.45, 2.75) is 46.1 Å². The summed E-state index contributed by atoms with van der Waals surface area (Å²) in [7, 11) is 1.39. The summed E-state index contributed by atoms with van der Waals surface area (Å²) in [4.78, 5) is 12.5. The molecule has 4 heteroatoms. The second-order valence-electron chi connectivity index (χ2n) is 8.23. The molecule has 0 saturated carbocycles. The smallest absolute Gasteiger partial charge is 0.338 e. The third kappa shape index (κ3) is 4.02. The highest BCUT2D eigenvalue weighted by atomic mass is 16.5. The Bertz CT molecular complexity index is 1250. The van der Waals surface area contributed by atoms with Crippen molar-refractivity contribution >= 4 is 27.8 Å². The molecule has 0 aliphatic rings. The van der Waals surface area contributed by atoms with Gasteiger partial charge in [0, 0.05) is 11.9 Å². The summed E-state index contributed by atoms with van der Waals surface area (Å²) < 4.78 is 7.24. The molecule has 0 atom stereocenters. The van der Waals surface area contributed by atoms with Crippen molar-refractivity contribution in [1.82, 2.24) is 4.57 Å². The number of ether oxygens (including phenoxy) is 1. The highest BCUT2D eigenvalue weighted by Gasteiger charge is 2.21. The third-order valence-electron chi connectivity index (χ3n) is 5.93. The van der Waals surface area contributed by atoms with Crippen LogP contribution in [0.15, 0.2) is 54.6 Å². The van der Waals surface area contributed by atoms with Crippen LogP contribution in [-0.2, 0) is 17.7 Å². The Balaban J connectivity index is 1.98. The van der Waals surface area contributed by atoms with Gasteiger partial charge in [-0.05, 0) is 55.2 Å². The lowest BCUT2D eigenvalue weighted by Gasteiger charge is -2.10. The van der Waals surface area contributed by atoms with Crippen molar-refractivity contribution in [3.05, 3.63) is 76.9 Å². The normalized spacial score (nSPS) is 11.3. The number of unbranched alkanes of at least 4 members (excludes halogenated alkanes) is 2. The van der Waals surface area contributed by atoms with Gasteiger partial charge in [-0.1, -0.05) is 55.7 Å². The number of fused-ring (bicyclic) bond motifs is 3. The first-order valence-electron chi connectivity index (χ1n) is 10.9. The summed E-state index contributed by atoms with van der Waals surface area (Å²) in [5.41, 5.74) is 5.84. The van der Waals surface area contributed by atoms with Gasteiger partial charge in [0.15, 0.2) is 0 Å². The number of methoxy groups -OCH3 is 1. The average Bonchev–Trinajstić information content (AvgIpc) is 3.07. The summed E-state index contributed by atoms with van der Waals surface area (Å²) in [6, 6.07) is 18.1. The maximum Gasteiger partial charge on any atom is 0.338 e. The minimum Gasteiger partial charge on any atom is -0.507 e. The van der Waals surface area contributed by atoms with Gasteiger partial charge in [0.25, 0.3) is 0 Å². The van der Waals surface area contributed by atoms with Crippen molar-refractivity contribution in [1.29, 1.82) is 0 Å². The molecule has 0 aliphatic carbocycles. The fraction of sp³-hybridized carbons (Fsp3) is 0.296. The minimum absolute atomic E-state index is 0.216. The fourth-order valence-corrected chi connectivity index (χ4v) is 4.46. The molecule has 1 N–H and O–H groups in total. The molecule has 31 heavy (non-hydrogen) atoms. The Hall–Kier alpha value is -3.27. The van der Waals surface area contributed by atoms with Crippen LogP contribution in [0, 0.1) is 6.92 Å². The number of rotatable bonds is 7. The van der Waals surface area contributed by atoms with Gasteiger partial charge < -0.3 is 14.4 Å². The number of carbonyl (C=O) groups is 1. The van der Waals surface area contributed by atoms with Gasteiger partial charge in [-0.15, -0.1) is 0 Å². The van der Waals surface area contributed by atoms with Crippen LogP contribution in [0.4, 0.5) is 0 Å². The van der Waals surface area contributed by atoms with E-state index in [9.17, 15) is 9.90 Å². The lowest BCUT2D eigenvalue weighted by atomic mass is 10.0. The highest BCUT2D eigenvalue weighted by molar-refractivity contribution is 6.19. The lowest BCUT2D eigenvalue weighted by molar-refractivity contribution is 0.0603. The predicted molar refractivity (Wildman–Crippen MR) is 126 cm³/mol. The van der Waals surface area contributed by atoms with E-state index in [2.05, 4.69) is 48.7 Å². The molecule has 3 aromatic carbocycles. The largest absolute Gasteiger partial charge is 0.507 e. The monoisotopic (exact) mass is 415 g/mol. The Morgan fingerprint density at radius 3 is 2.52 bits per heavy atom. The number of benzene rings is 3. The molecular weight excluding hydrogens is 386 g/mol. The maximum atomic E-state index is 12.5. The van der Waals surface area contributed by atoms with Crippen LogP contribution >= 0.6 is 0 Å². The van der Waals surface area contributed by atoms with Crippen molar-refractivity contribution in [2.75, 3.05) is 7.11 Å². The Labute approximate surface area is 183 Å². The fourth-order valence-electron chi connectivity index (χ4n) is 4.46. The topological polar surface area (TPSA) is 51.5 Å². The van der Waals surface area contributed by atoms with Crippen molar-refractivity contribution < 1.29 is 14.6 Å². The summed E-state index contributed by atoms with van der Waals surface area (Å²) in [6.07, 6.45) is 4.34. The SMILES string of the molecule is CCCCCc1cc(O)c2c3c(C(=O)OC)cccc3n(Cc3cccc(C)c3)c2c1.